The third-order valence-corrected chi connectivity index (χ3v) is 7.39. The van der Waals surface area contributed by atoms with Gasteiger partial charge in [0.25, 0.3) is 5.89 Å². The molecule has 0 saturated carbocycles. The number of alkyl halides is 3. The van der Waals surface area contributed by atoms with Gasteiger partial charge in [-0.1, -0.05) is 30.3 Å². The zero-order valence-corrected chi connectivity index (χ0v) is 20.8. The van der Waals surface area contributed by atoms with E-state index < -0.39 is 21.9 Å². The number of hydrogen-bond acceptors (Lipinski definition) is 10. The van der Waals surface area contributed by atoms with Crippen LogP contribution in [0, 0.1) is 0 Å². The second kappa shape index (κ2) is 11.1. The summed E-state index contributed by atoms with van der Waals surface area (Å²) in [5, 5.41) is 19.7. The third-order valence-electron chi connectivity index (χ3n) is 5.50. The fourth-order valence-corrected chi connectivity index (χ4v) is 5.39. The largest absolute Gasteiger partial charge is 0.470 e. The van der Waals surface area contributed by atoms with Gasteiger partial charge in [0.15, 0.2) is 9.84 Å². The number of aryl methyl sites for hydroxylation is 1. The van der Waals surface area contributed by atoms with Crippen molar-refractivity contribution in [2.75, 3.05) is 23.5 Å². The average Bonchev–Trinajstić information content (AvgIpc) is 3.40. The first kappa shape index (κ1) is 27.0. The summed E-state index contributed by atoms with van der Waals surface area (Å²) in [6.45, 7) is 0.321. The van der Waals surface area contributed by atoms with E-state index in [1.54, 1.807) is 18.2 Å². The number of sulfone groups is 1. The molecule has 0 radical (unpaired) electrons. The Morgan fingerprint density at radius 1 is 1.08 bits per heavy atom. The molecule has 0 saturated heterocycles. The fourth-order valence-electron chi connectivity index (χ4n) is 3.81. The molecule has 0 fully saturated rings. The standard InChI is InChI=1S/C23H19F3N6O3S.CH4O/c24-23(25,26)21-32-31-20(35-21)17-13-28-22(30-19(17)27-12-14-5-2-1-3-6-14)29-16-8-9-18-15(11-16)7-4-10-36(18,33)34;1-2/h1-3,5-6,8-9,11,13H,4,7,10,12H2,(H2,27,28,29,30);2H,1H3. The zero-order chi connectivity index (χ0) is 27.3. The number of hydrogen-bond donors (Lipinski definition) is 3. The van der Waals surface area contributed by atoms with E-state index in [4.69, 9.17) is 9.52 Å². The molecule has 3 heterocycles. The molecule has 4 aromatic rings. The molecule has 0 spiro atoms. The minimum Gasteiger partial charge on any atom is -0.412 e. The molecule has 14 heteroatoms. The van der Waals surface area contributed by atoms with Crippen LogP contribution in [0.2, 0.25) is 0 Å². The minimum atomic E-state index is -4.79. The quantitative estimate of drug-likeness (QED) is 0.320. The van der Waals surface area contributed by atoms with Crippen LogP contribution in [0.1, 0.15) is 23.4 Å². The van der Waals surface area contributed by atoms with Gasteiger partial charge in [-0.25, -0.2) is 13.4 Å². The van der Waals surface area contributed by atoms with Gasteiger partial charge in [0.05, 0.1) is 16.2 Å². The summed E-state index contributed by atoms with van der Waals surface area (Å²) in [5.41, 5.74) is 2.28. The van der Waals surface area contributed by atoms with E-state index >= 15 is 0 Å². The molecule has 2 aromatic carbocycles. The van der Waals surface area contributed by atoms with Crippen molar-refractivity contribution in [1.29, 1.82) is 0 Å². The molecule has 0 unspecified atom stereocenters. The van der Waals surface area contributed by atoms with Gasteiger partial charge in [-0.2, -0.15) is 18.2 Å². The van der Waals surface area contributed by atoms with Crippen LogP contribution in [-0.2, 0) is 29.0 Å². The first-order valence-corrected chi connectivity index (χ1v) is 13.0. The third kappa shape index (κ3) is 6.08. The van der Waals surface area contributed by atoms with Crippen molar-refractivity contribution < 1.29 is 31.1 Å². The van der Waals surface area contributed by atoms with Crippen LogP contribution in [-0.4, -0.2) is 46.6 Å². The van der Waals surface area contributed by atoms with Gasteiger partial charge >= 0.3 is 12.1 Å². The lowest BCUT2D eigenvalue weighted by Gasteiger charge is -2.17. The van der Waals surface area contributed by atoms with Crippen molar-refractivity contribution in [2.24, 2.45) is 0 Å². The maximum absolute atomic E-state index is 13.0. The fraction of sp³-hybridized carbons (Fsp3) is 0.250. The summed E-state index contributed by atoms with van der Waals surface area (Å²) in [5.74, 6) is -1.42. The highest BCUT2D eigenvalue weighted by molar-refractivity contribution is 7.91. The Hall–Kier alpha value is -4.04. The monoisotopic (exact) mass is 548 g/mol. The van der Waals surface area contributed by atoms with E-state index in [9.17, 15) is 21.6 Å². The Labute approximate surface area is 215 Å². The lowest BCUT2D eigenvalue weighted by molar-refractivity contribution is -0.156. The number of aliphatic hydroxyl groups is 1. The number of aliphatic hydroxyl groups excluding tert-OH is 1. The van der Waals surface area contributed by atoms with Crippen molar-refractivity contribution in [3.05, 3.63) is 71.7 Å². The molecule has 0 aliphatic carbocycles. The SMILES string of the molecule is CO.O=S1(=O)CCCc2cc(Nc3ncc(-c4nnc(C(F)(F)F)o4)c(NCc4ccccc4)n3)ccc21. The Kier molecular flexibility index (Phi) is 7.92. The molecule has 38 heavy (non-hydrogen) atoms. The zero-order valence-electron chi connectivity index (χ0n) is 20.0. The van der Waals surface area contributed by atoms with Crippen molar-refractivity contribution in [1.82, 2.24) is 20.2 Å². The van der Waals surface area contributed by atoms with Crippen molar-refractivity contribution in [2.45, 2.75) is 30.5 Å². The lowest BCUT2D eigenvalue weighted by Crippen LogP contribution is -2.16. The molecular weight excluding hydrogens is 525 g/mol. The lowest BCUT2D eigenvalue weighted by atomic mass is 10.1. The van der Waals surface area contributed by atoms with Crippen LogP contribution in [0.4, 0.5) is 30.6 Å². The van der Waals surface area contributed by atoms with Gasteiger partial charge in [0, 0.05) is 25.5 Å². The number of halogens is 3. The maximum atomic E-state index is 13.0. The topological polar surface area (TPSA) is 143 Å². The summed E-state index contributed by atoms with van der Waals surface area (Å²) in [4.78, 5) is 8.92. The molecule has 5 rings (SSSR count). The van der Waals surface area contributed by atoms with E-state index in [2.05, 4.69) is 30.8 Å². The van der Waals surface area contributed by atoms with Gasteiger partial charge in [-0.05, 0) is 42.2 Å². The van der Waals surface area contributed by atoms with Gasteiger partial charge < -0.3 is 20.2 Å². The first-order valence-electron chi connectivity index (χ1n) is 11.3. The number of nitrogens with zero attached hydrogens (tertiary/aromatic N) is 4. The summed E-state index contributed by atoms with van der Waals surface area (Å²) < 4.78 is 68.3. The molecular formula is C24H23F3N6O4S. The highest BCUT2D eigenvalue weighted by Crippen LogP contribution is 2.33. The van der Waals surface area contributed by atoms with Crippen LogP contribution >= 0.6 is 0 Å². The number of anilines is 3. The smallest absolute Gasteiger partial charge is 0.412 e. The molecule has 0 atom stereocenters. The Balaban J connectivity index is 0.00000164. The molecule has 2 aromatic heterocycles. The molecule has 3 N–H and O–H groups in total. The highest BCUT2D eigenvalue weighted by Gasteiger charge is 2.38. The number of nitrogens with one attached hydrogen (secondary N) is 2. The molecule has 1 aliphatic rings. The number of benzene rings is 2. The minimum absolute atomic E-state index is 0.0935. The molecule has 0 amide bonds. The molecule has 1 aliphatic heterocycles. The molecule has 0 bridgehead atoms. The number of aromatic nitrogens is 4. The van der Waals surface area contributed by atoms with Gasteiger partial charge in [0.2, 0.25) is 5.95 Å². The number of fused-ring (bicyclic) bond motifs is 1. The summed E-state index contributed by atoms with van der Waals surface area (Å²) >= 11 is 0. The number of rotatable bonds is 6. The first-order chi connectivity index (χ1) is 18.2. The average molecular weight is 549 g/mol. The van der Waals surface area contributed by atoms with E-state index in [-0.39, 0.29) is 29.0 Å². The molecule has 200 valence electrons. The van der Waals surface area contributed by atoms with Crippen LogP contribution in [0.25, 0.3) is 11.5 Å². The second-order valence-electron chi connectivity index (χ2n) is 8.08. The van der Waals surface area contributed by atoms with E-state index in [1.807, 2.05) is 30.3 Å². The van der Waals surface area contributed by atoms with E-state index in [0.29, 0.717) is 35.5 Å². The van der Waals surface area contributed by atoms with Crippen molar-refractivity contribution in [3.63, 3.8) is 0 Å². The van der Waals surface area contributed by atoms with Crippen LogP contribution < -0.4 is 10.6 Å². The van der Waals surface area contributed by atoms with Crippen molar-refractivity contribution >= 4 is 27.3 Å². The Bertz CT molecular complexity index is 1510. The summed E-state index contributed by atoms with van der Waals surface area (Å²) in [7, 11) is -2.29. The van der Waals surface area contributed by atoms with E-state index in [0.717, 1.165) is 12.7 Å². The second-order valence-corrected chi connectivity index (χ2v) is 10.2. The van der Waals surface area contributed by atoms with Crippen LogP contribution in [0.5, 0.6) is 0 Å². The van der Waals surface area contributed by atoms with E-state index in [1.165, 1.54) is 6.20 Å². The van der Waals surface area contributed by atoms with Crippen LogP contribution in [0.15, 0.2) is 64.0 Å². The predicted octanol–water partition coefficient (Wildman–Crippen LogP) is 4.23. The normalized spacial score (nSPS) is 14.1. The predicted molar refractivity (Wildman–Crippen MR) is 132 cm³/mol. The summed E-state index contributed by atoms with van der Waals surface area (Å²) in [6, 6.07) is 14.2. The van der Waals surface area contributed by atoms with Gasteiger partial charge in [-0.15, -0.1) is 10.2 Å². The summed E-state index contributed by atoms with van der Waals surface area (Å²) in [6.07, 6.45) is -2.33. The molecule has 10 nitrogen and oxygen atoms in total. The highest BCUT2D eigenvalue weighted by atomic mass is 32.2. The maximum Gasteiger partial charge on any atom is 0.470 e. The van der Waals surface area contributed by atoms with Crippen molar-refractivity contribution in [3.8, 4) is 11.5 Å². The van der Waals surface area contributed by atoms with Gasteiger partial charge in [-0.3, -0.25) is 0 Å². The Morgan fingerprint density at radius 2 is 1.84 bits per heavy atom. The van der Waals surface area contributed by atoms with Crippen LogP contribution in [0.3, 0.4) is 0 Å². The Morgan fingerprint density at radius 3 is 2.55 bits per heavy atom. The van der Waals surface area contributed by atoms with Gasteiger partial charge in [0.1, 0.15) is 5.82 Å².